The lowest BCUT2D eigenvalue weighted by Gasteiger charge is -2.20. The molecule has 0 bridgehead atoms. The molecule has 148 valence electrons. The van der Waals surface area contributed by atoms with Gasteiger partial charge in [0.2, 0.25) is 0 Å². The standard InChI is InChI=1S/C20H27FN2O3S/c1-11(2)15-8-14(21)9-16(12(3)4)18(15)22-19(24)23-27-17-7-13(10-26-17)20(5,6)25/h7-12,25H,1-6H3,(H2,22,23,24). The number of halogens is 1. The summed E-state index contributed by atoms with van der Waals surface area (Å²) in [5.41, 5.74) is 1.74. The van der Waals surface area contributed by atoms with Gasteiger partial charge in [0.1, 0.15) is 5.82 Å². The number of nitrogens with one attached hydrogen (secondary N) is 2. The largest absolute Gasteiger partial charge is 0.456 e. The van der Waals surface area contributed by atoms with E-state index >= 15 is 0 Å². The van der Waals surface area contributed by atoms with Crippen LogP contribution in [0.2, 0.25) is 0 Å². The third kappa shape index (κ3) is 5.49. The number of hydrogen-bond acceptors (Lipinski definition) is 4. The minimum absolute atomic E-state index is 0.0561. The first-order valence-corrected chi connectivity index (χ1v) is 9.69. The molecule has 3 N–H and O–H groups in total. The van der Waals surface area contributed by atoms with Crippen molar-refractivity contribution in [2.24, 2.45) is 0 Å². The second kappa shape index (κ2) is 8.35. The van der Waals surface area contributed by atoms with Gasteiger partial charge in [0.25, 0.3) is 0 Å². The van der Waals surface area contributed by atoms with Crippen molar-refractivity contribution < 1.29 is 18.7 Å². The predicted molar refractivity (Wildman–Crippen MR) is 107 cm³/mol. The van der Waals surface area contributed by atoms with E-state index in [1.54, 1.807) is 19.9 Å². The number of benzene rings is 1. The molecular formula is C20H27FN2O3S. The molecule has 2 aromatic rings. The molecule has 2 rings (SSSR count). The summed E-state index contributed by atoms with van der Waals surface area (Å²) in [5.74, 6) is -0.196. The maximum Gasteiger partial charge on any atom is 0.329 e. The molecule has 0 unspecified atom stereocenters. The zero-order valence-corrected chi connectivity index (χ0v) is 17.3. The molecule has 0 aliphatic rings. The quantitative estimate of drug-likeness (QED) is 0.548. The Labute approximate surface area is 163 Å². The summed E-state index contributed by atoms with van der Waals surface area (Å²) in [6.07, 6.45) is 1.45. The molecule has 1 aromatic carbocycles. The first-order chi connectivity index (χ1) is 12.5. The Hall–Kier alpha value is -1.99. The summed E-state index contributed by atoms with van der Waals surface area (Å²) < 4.78 is 22.0. The van der Waals surface area contributed by atoms with Crippen molar-refractivity contribution in [3.63, 3.8) is 0 Å². The molecule has 0 saturated heterocycles. The highest BCUT2D eigenvalue weighted by molar-refractivity contribution is 7.97. The van der Waals surface area contributed by atoms with E-state index in [-0.39, 0.29) is 17.7 Å². The van der Waals surface area contributed by atoms with Crippen molar-refractivity contribution in [3.05, 3.63) is 47.0 Å². The molecule has 7 heteroatoms. The van der Waals surface area contributed by atoms with Crippen molar-refractivity contribution in [2.75, 3.05) is 5.32 Å². The first-order valence-electron chi connectivity index (χ1n) is 8.87. The van der Waals surface area contributed by atoms with Crippen LogP contribution in [0.1, 0.15) is 70.1 Å². The zero-order chi connectivity index (χ0) is 20.4. The van der Waals surface area contributed by atoms with E-state index in [4.69, 9.17) is 4.42 Å². The number of anilines is 1. The number of hydrogen-bond donors (Lipinski definition) is 3. The van der Waals surface area contributed by atoms with Gasteiger partial charge in [0.15, 0.2) is 5.09 Å². The van der Waals surface area contributed by atoms with Crippen LogP contribution in [0, 0.1) is 5.82 Å². The lowest BCUT2D eigenvalue weighted by molar-refractivity contribution is 0.0779. The fraction of sp³-hybridized carbons (Fsp3) is 0.450. The van der Waals surface area contributed by atoms with Gasteiger partial charge in [0.05, 0.1) is 11.9 Å². The third-order valence-electron chi connectivity index (χ3n) is 4.17. The molecule has 0 aliphatic heterocycles. The molecular weight excluding hydrogens is 367 g/mol. The minimum Gasteiger partial charge on any atom is -0.456 e. The number of amides is 2. The van der Waals surface area contributed by atoms with Crippen molar-refractivity contribution in [3.8, 4) is 0 Å². The molecule has 0 saturated carbocycles. The van der Waals surface area contributed by atoms with E-state index in [0.29, 0.717) is 16.3 Å². The summed E-state index contributed by atoms with van der Waals surface area (Å²) in [6, 6.07) is 4.15. The Bertz CT molecular complexity index is 781. The Balaban J connectivity index is 2.14. The monoisotopic (exact) mass is 394 g/mol. The van der Waals surface area contributed by atoms with E-state index in [0.717, 1.165) is 23.1 Å². The highest BCUT2D eigenvalue weighted by atomic mass is 32.2. The zero-order valence-electron chi connectivity index (χ0n) is 16.5. The number of furan rings is 1. The molecule has 0 atom stereocenters. The number of carbonyl (C=O) groups excluding carboxylic acids is 1. The predicted octanol–water partition coefficient (Wildman–Crippen LogP) is 5.72. The van der Waals surface area contributed by atoms with Gasteiger partial charge >= 0.3 is 6.03 Å². The number of urea groups is 1. The van der Waals surface area contributed by atoms with Crippen LogP contribution in [-0.2, 0) is 5.60 Å². The maximum absolute atomic E-state index is 14.0. The summed E-state index contributed by atoms with van der Waals surface area (Å²) in [5, 5.41) is 13.3. The van der Waals surface area contributed by atoms with Crippen LogP contribution >= 0.6 is 11.9 Å². The van der Waals surface area contributed by atoms with Crippen molar-refractivity contribution in [2.45, 2.75) is 64.1 Å². The van der Waals surface area contributed by atoms with Crippen LogP contribution in [-0.4, -0.2) is 11.1 Å². The smallest absolute Gasteiger partial charge is 0.329 e. The lowest BCUT2D eigenvalue weighted by atomic mass is 9.92. The summed E-state index contributed by atoms with van der Waals surface area (Å²) in [7, 11) is 0. The fourth-order valence-corrected chi connectivity index (χ4v) is 3.16. The summed E-state index contributed by atoms with van der Waals surface area (Å²) in [6.45, 7) is 11.1. The SMILES string of the molecule is CC(C)c1cc(F)cc(C(C)C)c1NC(=O)NSc1cc(C(C)(C)O)co1. The van der Waals surface area contributed by atoms with Crippen LogP contribution in [0.3, 0.4) is 0 Å². The van der Waals surface area contributed by atoms with Crippen molar-refractivity contribution in [1.82, 2.24) is 4.72 Å². The Morgan fingerprint density at radius 2 is 1.70 bits per heavy atom. The number of carbonyl (C=O) groups is 1. The van der Waals surface area contributed by atoms with Crippen LogP contribution in [0.25, 0.3) is 0 Å². The molecule has 0 radical (unpaired) electrons. The highest BCUT2D eigenvalue weighted by Crippen LogP contribution is 2.34. The van der Waals surface area contributed by atoms with Crippen LogP contribution in [0.15, 0.2) is 34.0 Å². The van der Waals surface area contributed by atoms with E-state index < -0.39 is 11.6 Å². The molecule has 27 heavy (non-hydrogen) atoms. The molecule has 0 spiro atoms. The molecule has 1 heterocycles. The average molecular weight is 395 g/mol. The Morgan fingerprint density at radius 1 is 1.15 bits per heavy atom. The second-order valence-electron chi connectivity index (χ2n) is 7.64. The van der Waals surface area contributed by atoms with Gasteiger partial charge < -0.3 is 14.8 Å². The van der Waals surface area contributed by atoms with E-state index in [1.807, 2.05) is 27.7 Å². The van der Waals surface area contributed by atoms with E-state index in [2.05, 4.69) is 10.0 Å². The molecule has 0 fully saturated rings. The molecule has 5 nitrogen and oxygen atoms in total. The first kappa shape index (κ1) is 21.3. The topological polar surface area (TPSA) is 74.5 Å². The highest BCUT2D eigenvalue weighted by Gasteiger charge is 2.20. The van der Waals surface area contributed by atoms with Crippen LogP contribution in [0.4, 0.5) is 14.9 Å². The van der Waals surface area contributed by atoms with Crippen molar-refractivity contribution in [1.29, 1.82) is 0 Å². The number of aliphatic hydroxyl groups is 1. The molecule has 1 aromatic heterocycles. The second-order valence-corrected chi connectivity index (χ2v) is 8.45. The van der Waals surface area contributed by atoms with Crippen LogP contribution < -0.4 is 10.0 Å². The minimum atomic E-state index is -1.02. The Morgan fingerprint density at radius 3 is 2.15 bits per heavy atom. The Kier molecular flexibility index (Phi) is 6.59. The van der Waals surface area contributed by atoms with Crippen molar-refractivity contribution >= 4 is 23.7 Å². The van der Waals surface area contributed by atoms with Gasteiger partial charge in [-0.05, 0) is 55.0 Å². The van der Waals surface area contributed by atoms with Gasteiger partial charge in [-0.15, -0.1) is 0 Å². The summed E-state index contributed by atoms with van der Waals surface area (Å²) in [4.78, 5) is 12.4. The van der Waals surface area contributed by atoms with Crippen LogP contribution in [0.5, 0.6) is 0 Å². The van der Waals surface area contributed by atoms with Gasteiger partial charge in [-0.3, -0.25) is 4.72 Å². The number of rotatable bonds is 6. The lowest BCUT2D eigenvalue weighted by Crippen LogP contribution is -2.24. The van der Waals surface area contributed by atoms with E-state index in [1.165, 1.54) is 18.4 Å². The van der Waals surface area contributed by atoms with Gasteiger partial charge in [-0.1, -0.05) is 27.7 Å². The van der Waals surface area contributed by atoms with Gasteiger partial charge in [-0.25, -0.2) is 9.18 Å². The van der Waals surface area contributed by atoms with E-state index in [9.17, 15) is 14.3 Å². The summed E-state index contributed by atoms with van der Waals surface area (Å²) >= 11 is 1.00. The maximum atomic E-state index is 14.0. The van der Waals surface area contributed by atoms with Gasteiger partial charge in [-0.2, -0.15) is 0 Å². The molecule has 2 amide bonds. The third-order valence-corrected chi connectivity index (χ3v) is 4.88. The average Bonchev–Trinajstić information content (AvgIpc) is 3.03. The fourth-order valence-electron chi connectivity index (χ4n) is 2.63. The van der Waals surface area contributed by atoms with Gasteiger partial charge in [0, 0.05) is 23.2 Å². The molecule has 0 aliphatic carbocycles. The normalized spacial score (nSPS) is 11.9.